The van der Waals surface area contributed by atoms with Crippen LogP contribution < -0.4 is 5.32 Å². The molecule has 0 saturated heterocycles. The minimum atomic E-state index is -3.83. The van der Waals surface area contributed by atoms with E-state index in [-0.39, 0.29) is 5.75 Å². The van der Waals surface area contributed by atoms with Crippen molar-refractivity contribution in [1.82, 2.24) is 5.32 Å². The molecule has 20 heavy (non-hydrogen) atoms. The van der Waals surface area contributed by atoms with Gasteiger partial charge in [-0.3, -0.25) is 4.55 Å². The SMILES string of the molecule is CC(CNCCCS(=O)(=O)O)c1scc2ccccc12. The monoisotopic (exact) mass is 313 g/mol. The summed E-state index contributed by atoms with van der Waals surface area (Å²) < 4.78 is 29.8. The Kier molecular flexibility index (Phi) is 5.15. The maximum Gasteiger partial charge on any atom is 0.264 e. The molecule has 0 aliphatic rings. The lowest BCUT2D eigenvalue weighted by atomic mass is 10.1. The molecule has 4 nitrogen and oxygen atoms in total. The first kappa shape index (κ1) is 15.4. The summed E-state index contributed by atoms with van der Waals surface area (Å²) in [6.45, 7) is 3.55. The molecular weight excluding hydrogens is 294 g/mol. The molecule has 2 aromatic rings. The Morgan fingerprint density at radius 2 is 2.10 bits per heavy atom. The van der Waals surface area contributed by atoms with Gasteiger partial charge in [-0.1, -0.05) is 31.2 Å². The normalized spacial score (nSPS) is 13.7. The highest BCUT2D eigenvalue weighted by molar-refractivity contribution is 7.85. The predicted molar refractivity (Wildman–Crippen MR) is 84.1 cm³/mol. The van der Waals surface area contributed by atoms with Crippen molar-refractivity contribution in [1.29, 1.82) is 0 Å². The van der Waals surface area contributed by atoms with Gasteiger partial charge in [0, 0.05) is 17.3 Å². The fourth-order valence-corrected chi connectivity index (χ4v) is 3.78. The Bertz CT molecular complexity index is 664. The Labute approximate surface area is 123 Å². The van der Waals surface area contributed by atoms with E-state index in [9.17, 15) is 8.42 Å². The molecule has 0 fully saturated rings. The molecule has 0 radical (unpaired) electrons. The fraction of sp³-hybridized carbons (Fsp3) is 0.429. The van der Waals surface area contributed by atoms with Gasteiger partial charge < -0.3 is 5.32 Å². The smallest absolute Gasteiger partial charge is 0.264 e. The Morgan fingerprint density at radius 3 is 2.85 bits per heavy atom. The van der Waals surface area contributed by atoms with Crippen LogP contribution in [0, 0.1) is 0 Å². The molecule has 1 atom stereocenters. The highest BCUT2D eigenvalue weighted by atomic mass is 32.2. The number of nitrogens with one attached hydrogen (secondary N) is 1. The van der Waals surface area contributed by atoms with Gasteiger partial charge in [-0.2, -0.15) is 8.42 Å². The molecule has 2 rings (SSSR count). The van der Waals surface area contributed by atoms with E-state index in [0.29, 0.717) is 18.9 Å². The summed E-state index contributed by atoms with van der Waals surface area (Å²) in [6.07, 6.45) is 0.427. The van der Waals surface area contributed by atoms with Gasteiger partial charge in [0.25, 0.3) is 10.1 Å². The summed E-state index contributed by atoms with van der Waals surface area (Å²) in [6, 6.07) is 8.33. The molecule has 6 heteroatoms. The molecule has 0 aliphatic heterocycles. The van der Waals surface area contributed by atoms with Crippen molar-refractivity contribution in [3.63, 3.8) is 0 Å². The first-order valence-corrected chi connectivity index (χ1v) is 9.08. The number of benzene rings is 1. The number of fused-ring (bicyclic) bond motifs is 1. The summed E-state index contributed by atoms with van der Waals surface area (Å²) in [5.41, 5.74) is 0. The number of rotatable bonds is 7. The van der Waals surface area contributed by atoms with Crippen molar-refractivity contribution in [2.45, 2.75) is 19.3 Å². The molecule has 0 spiro atoms. The second-order valence-electron chi connectivity index (χ2n) is 4.93. The van der Waals surface area contributed by atoms with E-state index in [0.717, 1.165) is 6.54 Å². The standard InChI is InChI=1S/C14H19NO3S2/c1-11(9-15-7-4-8-20(16,17)18)14-13-6-3-2-5-12(13)10-19-14/h2-3,5-6,10-11,15H,4,7-9H2,1H3,(H,16,17,18). The second-order valence-corrected chi connectivity index (χ2v) is 7.42. The molecule has 110 valence electrons. The number of hydrogen-bond donors (Lipinski definition) is 2. The zero-order valence-electron chi connectivity index (χ0n) is 11.4. The average molecular weight is 313 g/mol. The minimum absolute atomic E-state index is 0.184. The number of thiophene rings is 1. The van der Waals surface area contributed by atoms with Crippen molar-refractivity contribution in [2.24, 2.45) is 0 Å². The van der Waals surface area contributed by atoms with E-state index >= 15 is 0 Å². The van der Waals surface area contributed by atoms with Crippen LogP contribution >= 0.6 is 11.3 Å². The molecule has 0 aliphatic carbocycles. The van der Waals surface area contributed by atoms with Crippen LogP contribution in [0.2, 0.25) is 0 Å². The Morgan fingerprint density at radius 1 is 1.35 bits per heavy atom. The quantitative estimate of drug-likeness (QED) is 0.609. The Hall–Kier alpha value is -0.950. The zero-order chi connectivity index (χ0) is 14.6. The largest absolute Gasteiger partial charge is 0.316 e. The predicted octanol–water partition coefficient (Wildman–Crippen LogP) is 2.87. The summed E-state index contributed by atoms with van der Waals surface area (Å²) in [4.78, 5) is 1.35. The third-order valence-electron chi connectivity index (χ3n) is 3.19. The third kappa shape index (κ3) is 4.28. The van der Waals surface area contributed by atoms with Crippen LogP contribution in [0.3, 0.4) is 0 Å². The van der Waals surface area contributed by atoms with E-state index in [1.165, 1.54) is 15.6 Å². The molecular formula is C14H19NO3S2. The van der Waals surface area contributed by atoms with Gasteiger partial charge in [-0.25, -0.2) is 0 Å². The molecule has 1 heterocycles. The van der Waals surface area contributed by atoms with Gasteiger partial charge in [0.2, 0.25) is 0 Å². The summed E-state index contributed by atoms with van der Waals surface area (Å²) >= 11 is 1.76. The molecule has 1 unspecified atom stereocenters. The lowest BCUT2D eigenvalue weighted by Crippen LogP contribution is -2.22. The first-order valence-electron chi connectivity index (χ1n) is 6.59. The minimum Gasteiger partial charge on any atom is -0.316 e. The second kappa shape index (κ2) is 6.67. The molecule has 0 saturated carbocycles. The molecule has 0 bridgehead atoms. The van der Waals surface area contributed by atoms with Crippen LogP contribution in [0.15, 0.2) is 29.6 Å². The summed E-state index contributed by atoms with van der Waals surface area (Å²) in [5, 5.41) is 7.97. The first-order chi connectivity index (χ1) is 9.47. The zero-order valence-corrected chi connectivity index (χ0v) is 13.0. The van der Waals surface area contributed by atoms with Crippen LogP contribution in [0.25, 0.3) is 10.8 Å². The molecule has 1 aromatic carbocycles. The van der Waals surface area contributed by atoms with E-state index in [2.05, 4.69) is 29.8 Å². The van der Waals surface area contributed by atoms with E-state index < -0.39 is 10.1 Å². The summed E-state index contributed by atoms with van der Waals surface area (Å²) in [5.74, 6) is 0.196. The average Bonchev–Trinajstić information content (AvgIpc) is 2.80. The van der Waals surface area contributed by atoms with Gasteiger partial charge in [0.1, 0.15) is 0 Å². The van der Waals surface area contributed by atoms with E-state index in [1.807, 2.05) is 12.1 Å². The van der Waals surface area contributed by atoms with Gasteiger partial charge in [0.05, 0.1) is 5.75 Å². The van der Waals surface area contributed by atoms with Gasteiger partial charge in [0.15, 0.2) is 0 Å². The van der Waals surface area contributed by atoms with E-state index in [4.69, 9.17) is 4.55 Å². The van der Waals surface area contributed by atoms with Crippen molar-refractivity contribution < 1.29 is 13.0 Å². The third-order valence-corrected chi connectivity index (χ3v) is 5.25. The van der Waals surface area contributed by atoms with Crippen LogP contribution in [-0.4, -0.2) is 31.8 Å². The molecule has 0 amide bonds. The maximum atomic E-state index is 10.6. The van der Waals surface area contributed by atoms with Crippen molar-refractivity contribution in [3.8, 4) is 0 Å². The van der Waals surface area contributed by atoms with Crippen LogP contribution in [0.1, 0.15) is 24.1 Å². The van der Waals surface area contributed by atoms with Gasteiger partial charge >= 0.3 is 0 Å². The highest BCUT2D eigenvalue weighted by Gasteiger charge is 2.11. The maximum absolute atomic E-state index is 10.6. The highest BCUT2D eigenvalue weighted by Crippen LogP contribution is 2.31. The lowest BCUT2D eigenvalue weighted by Gasteiger charge is -2.11. The lowest BCUT2D eigenvalue weighted by molar-refractivity contribution is 0.479. The van der Waals surface area contributed by atoms with Crippen molar-refractivity contribution >= 4 is 32.2 Å². The van der Waals surface area contributed by atoms with Crippen molar-refractivity contribution in [2.75, 3.05) is 18.8 Å². The van der Waals surface area contributed by atoms with Gasteiger partial charge in [-0.05, 0) is 29.1 Å². The summed E-state index contributed by atoms with van der Waals surface area (Å²) in [7, 11) is -3.83. The van der Waals surface area contributed by atoms with Gasteiger partial charge in [-0.15, -0.1) is 11.3 Å². The molecule has 1 aromatic heterocycles. The van der Waals surface area contributed by atoms with Crippen molar-refractivity contribution in [3.05, 3.63) is 34.5 Å². The fourth-order valence-electron chi connectivity index (χ4n) is 2.19. The van der Waals surface area contributed by atoms with Crippen LogP contribution in [0.4, 0.5) is 0 Å². The van der Waals surface area contributed by atoms with E-state index in [1.54, 1.807) is 11.3 Å². The van der Waals surface area contributed by atoms with Crippen LogP contribution in [-0.2, 0) is 10.1 Å². The number of hydrogen-bond acceptors (Lipinski definition) is 4. The molecule has 2 N–H and O–H groups in total. The van der Waals surface area contributed by atoms with Crippen LogP contribution in [0.5, 0.6) is 0 Å². The topological polar surface area (TPSA) is 66.4 Å². The Balaban J connectivity index is 1.85.